The van der Waals surface area contributed by atoms with Gasteiger partial charge in [0.25, 0.3) is 5.91 Å². The maximum atomic E-state index is 13.2. The Hall–Kier alpha value is -3.36. The van der Waals surface area contributed by atoms with E-state index in [1.807, 2.05) is 48.5 Å². The largest absolute Gasteiger partial charge is 0.497 e. The zero-order valence-electron chi connectivity index (χ0n) is 17.7. The molecule has 5 nitrogen and oxygen atoms in total. The molecule has 0 unspecified atom stereocenters. The monoisotopic (exact) mass is 481 g/mol. The van der Waals surface area contributed by atoms with E-state index in [1.165, 1.54) is 40.9 Å². The molecule has 0 spiro atoms. The fourth-order valence-electron chi connectivity index (χ4n) is 3.12. The van der Waals surface area contributed by atoms with Gasteiger partial charge in [0.1, 0.15) is 36.3 Å². The van der Waals surface area contributed by atoms with Crippen LogP contribution in [0.1, 0.15) is 5.56 Å². The summed E-state index contributed by atoms with van der Waals surface area (Å²) in [5.41, 5.74) is 1.35. The molecule has 3 aromatic rings. The average Bonchev–Trinajstić information content (AvgIpc) is 3.10. The van der Waals surface area contributed by atoms with Gasteiger partial charge in [-0.3, -0.25) is 9.69 Å². The Labute approximate surface area is 200 Å². The van der Waals surface area contributed by atoms with E-state index >= 15 is 0 Å². The van der Waals surface area contributed by atoms with Crippen molar-refractivity contribution in [1.29, 1.82) is 0 Å². The topological polar surface area (TPSA) is 48.0 Å². The standard InChI is InChI=1S/C25H20FNO4S2/c1-29-20-9-11-21(12-10-20)30-13-14-31-22-4-2-3-17(15-22)16-23-24(28)27(25(32)33-23)19-7-5-18(26)6-8-19/h2-12,15-16H,13-14H2,1H3/b23-16+. The summed E-state index contributed by atoms with van der Waals surface area (Å²) in [6.45, 7) is 0.745. The van der Waals surface area contributed by atoms with Gasteiger partial charge in [-0.1, -0.05) is 36.1 Å². The van der Waals surface area contributed by atoms with Crippen molar-refractivity contribution in [3.05, 3.63) is 89.1 Å². The minimum absolute atomic E-state index is 0.240. The summed E-state index contributed by atoms with van der Waals surface area (Å²) in [6, 6.07) is 20.4. The maximum Gasteiger partial charge on any atom is 0.270 e. The predicted molar refractivity (Wildman–Crippen MR) is 132 cm³/mol. The van der Waals surface area contributed by atoms with E-state index in [0.29, 0.717) is 33.9 Å². The molecule has 0 N–H and O–H groups in total. The first-order valence-corrected chi connectivity index (χ1v) is 11.3. The molecule has 0 aliphatic carbocycles. The SMILES string of the molecule is COc1ccc(OCCOc2cccc(/C=C3/SC(=S)N(c4ccc(F)cc4)C3=O)c2)cc1. The van der Waals surface area contributed by atoms with Gasteiger partial charge in [-0.15, -0.1) is 0 Å². The smallest absolute Gasteiger partial charge is 0.270 e. The number of thiocarbonyl (C=S) groups is 1. The Morgan fingerprint density at radius 3 is 2.30 bits per heavy atom. The van der Waals surface area contributed by atoms with Crippen molar-refractivity contribution in [3.8, 4) is 17.2 Å². The summed E-state index contributed by atoms with van der Waals surface area (Å²) in [6.07, 6.45) is 1.77. The van der Waals surface area contributed by atoms with Crippen molar-refractivity contribution < 1.29 is 23.4 Å². The van der Waals surface area contributed by atoms with Crippen molar-refractivity contribution >= 4 is 46.0 Å². The van der Waals surface area contributed by atoms with Gasteiger partial charge in [0, 0.05) is 0 Å². The van der Waals surface area contributed by atoms with Crippen molar-refractivity contribution in [2.24, 2.45) is 0 Å². The van der Waals surface area contributed by atoms with Crippen LogP contribution in [-0.4, -0.2) is 30.6 Å². The highest BCUT2D eigenvalue weighted by molar-refractivity contribution is 8.27. The van der Waals surface area contributed by atoms with Gasteiger partial charge in [-0.2, -0.15) is 0 Å². The van der Waals surface area contributed by atoms with Crippen LogP contribution < -0.4 is 19.1 Å². The Kier molecular flexibility index (Phi) is 7.26. The summed E-state index contributed by atoms with van der Waals surface area (Å²) in [5, 5.41) is 0. The molecular formula is C25H20FNO4S2. The molecule has 1 fully saturated rings. The van der Waals surface area contributed by atoms with E-state index in [0.717, 1.165) is 17.1 Å². The predicted octanol–water partition coefficient (Wildman–Crippen LogP) is 5.70. The lowest BCUT2D eigenvalue weighted by molar-refractivity contribution is -0.113. The first-order valence-electron chi connectivity index (χ1n) is 10.1. The summed E-state index contributed by atoms with van der Waals surface area (Å²) in [5.74, 6) is 1.55. The van der Waals surface area contributed by atoms with Gasteiger partial charge < -0.3 is 14.2 Å². The van der Waals surface area contributed by atoms with Gasteiger partial charge in [0.15, 0.2) is 4.32 Å². The molecule has 4 rings (SSSR count). The molecule has 33 heavy (non-hydrogen) atoms. The molecule has 0 bridgehead atoms. The van der Waals surface area contributed by atoms with Crippen LogP contribution in [0, 0.1) is 5.82 Å². The molecule has 8 heteroatoms. The molecule has 3 aromatic carbocycles. The maximum absolute atomic E-state index is 13.2. The number of rotatable bonds is 8. The Balaban J connectivity index is 1.36. The van der Waals surface area contributed by atoms with E-state index in [9.17, 15) is 9.18 Å². The Morgan fingerprint density at radius 1 is 0.939 bits per heavy atom. The minimum atomic E-state index is -0.369. The van der Waals surface area contributed by atoms with Crippen molar-refractivity contribution in [3.63, 3.8) is 0 Å². The second kappa shape index (κ2) is 10.5. The van der Waals surface area contributed by atoms with Crippen LogP contribution in [0.25, 0.3) is 6.08 Å². The number of carbonyl (C=O) groups excluding carboxylic acids is 1. The second-order valence-electron chi connectivity index (χ2n) is 6.94. The van der Waals surface area contributed by atoms with Crippen molar-refractivity contribution in [2.75, 3.05) is 25.2 Å². The molecule has 0 saturated carbocycles. The van der Waals surface area contributed by atoms with Gasteiger partial charge >= 0.3 is 0 Å². The number of thioether (sulfide) groups is 1. The molecule has 1 aliphatic rings. The van der Waals surface area contributed by atoms with Crippen LogP contribution in [0.3, 0.4) is 0 Å². The van der Waals surface area contributed by atoms with Crippen molar-refractivity contribution in [1.82, 2.24) is 0 Å². The van der Waals surface area contributed by atoms with E-state index < -0.39 is 0 Å². The van der Waals surface area contributed by atoms with Crippen molar-refractivity contribution in [2.45, 2.75) is 0 Å². The lowest BCUT2D eigenvalue weighted by Crippen LogP contribution is -2.27. The highest BCUT2D eigenvalue weighted by Gasteiger charge is 2.33. The van der Waals surface area contributed by atoms with Gasteiger partial charge in [0.05, 0.1) is 17.7 Å². The summed E-state index contributed by atoms with van der Waals surface area (Å²) in [7, 11) is 1.62. The molecule has 1 amide bonds. The third-order valence-electron chi connectivity index (χ3n) is 4.71. The molecule has 1 saturated heterocycles. The lowest BCUT2D eigenvalue weighted by Gasteiger charge is -2.14. The van der Waals surface area contributed by atoms with Crippen LogP contribution in [0.15, 0.2) is 77.7 Å². The average molecular weight is 482 g/mol. The van der Waals surface area contributed by atoms with E-state index in [4.69, 9.17) is 26.4 Å². The third kappa shape index (κ3) is 5.71. The molecule has 0 aromatic heterocycles. The van der Waals surface area contributed by atoms with E-state index in [1.54, 1.807) is 13.2 Å². The molecule has 168 valence electrons. The second-order valence-corrected chi connectivity index (χ2v) is 8.61. The highest BCUT2D eigenvalue weighted by atomic mass is 32.2. The molecule has 0 atom stereocenters. The molecule has 1 aliphatic heterocycles. The number of hydrogen-bond acceptors (Lipinski definition) is 6. The number of amides is 1. The van der Waals surface area contributed by atoms with Crippen LogP contribution >= 0.6 is 24.0 Å². The Bertz CT molecular complexity index is 1180. The fraction of sp³-hybridized carbons (Fsp3) is 0.120. The van der Waals surface area contributed by atoms with Crippen LogP contribution in [-0.2, 0) is 4.79 Å². The highest BCUT2D eigenvalue weighted by Crippen LogP contribution is 2.36. The lowest BCUT2D eigenvalue weighted by atomic mass is 10.2. The summed E-state index contributed by atoms with van der Waals surface area (Å²) in [4.78, 5) is 14.8. The first kappa shape index (κ1) is 22.8. The third-order valence-corrected chi connectivity index (χ3v) is 6.02. The molecule has 0 radical (unpaired) electrons. The molecular weight excluding hydrogens is 461 g/mol. The quantitative estimate of drug-likeness (QED) is 0.234. The normalized spacial score (nSPS) is 14.6. The van der Waals surface area contributed by atoms with Crippen LogP contribution in [0.4, 0.5) is 10.1 Å². The fourth-order valence-corrected chi connectivity index (χ4v) is 4.42. The number of hydrogen-bond donors (Lipinski definition) is 0. The summed E-state index contributed by atoms with van der Waals surface area (Å²) >= 11 is 6.57. The van der Waals surface area contributed by atoms with Crippen LogP contribution in [0.2, 0.25) is 0 Å². The van der Waals surface area contributed by atoms with Gasteiger partial charge in [0.2, 0.25) is 0 Å². The summed E-state index contributed by atoms with van der Waals surface area (Å²) < 4.78 is 30.2. The Morgan fingerprint density at radius 2 is 1.61 bits per heavy atom. The number of halogens is 1. The van der Waals surface area contributed by atoms with Crippen LogP contribution in [0.5, 0.6) is 17.2 Å². The first-order chi connectivity index (χ1) is 16.0. The zero-order valence-corrected chi connectivity index (χ0v) is 19.3. The number of ether oxygens (including phenoxy) is 3. The van der Waals surface area contributed by atoms with E-state index in [-0.39, 0.29) is 11.7 Å². The van der Waals surface area contributed by atoms with Gasteiger partial charge in [-0.05, 0) is 72.3 Å². The van der Waals surface area contributed by atoms with Gasteiger partial charge in [-0.25, -0.2) is 4.39 Å². The number of nitrogens with zero attached hydrogens (tertiary/aromatic N) is 1. The number of methoxy groups -OCH3 is 1. The molecule has 1 heterocycles. The number of anilines is 1. The minimum Gasteiger partial charge on any atom is -0.497 e. The van der Waals surface area contributed by atoms with E-state index in [2.05, 4.69) is 0 Å². The zero-order chi connectivity index (χ0) is 23.2. The number of carbonyl (C=O) groups is 1. The number of benzene rings is 3.